The molecular formula is C10H15ClO2. The Labute approximate surface area is 83.6 Å². The zero-order valence-corrected chi connectivity index (χ0v) is 8.59. The fourth-order valence-corrected chi connectivity index (χ4v) is 3.27. The fourth-order valence-electron chi connectivity index (χ4n) is 2.83. The molecule has 2 aliphatic carbocycles. The third kappa shape index (κ3) is 1.69. The van der Waals surface area contributed by atoms with Crippen LogP contribution in [-0.4, -0.2) is 17.5 Å². The Balaban J connectivity index is 1.98. The quantitative estimate of drug-likeness (QED) is 0.482. The number of hydrogen-bond donors (Lipinski definition) is 0. The molecule has 4 unspecified atom stereocenters. The summed E-state index contributed by atoms with van der Waals surface area (Å²) in [5.41, 5.74) is 0. The summed E-state index contributed by atoms with van der Waals surface area (Å²) in [4.78, 5) is 10.8. The lowest BCUT2D eigenvalue weighted by Crippen LogP contribution is -2.22. The molecule has 0 saturated heterocycles. The number of ether oxygens (including phenoxy) is 1. The Morgan fingerprint density at radius 1 is 1.23 bits per heavy atom. The third-order valence-corrected chi connectivity index (χ3v) is 3.91. The van der Waals surface area contributed by atoms with Crippen molar-refractivity contribution in [2.24, 2.45) is 11.8 Å². The molecule has 2 rings (SSSR count). The molecule has 0 N–H and O–H groups in total. The van der Waals surface area contributed by atoms with Gasteiger partial charge in [-0.1, -0.05) is 0 Å². The Kier molecular flexibility index (Phi) is 2.50. The second-order valence-corrected chi connectivity index (χ2v) is 4.71. The predicted octanol–water partition coefficient (Wildman–Crippen LogP) is 2.35. The first-order chi connectivity index (χ1) is 6.18. The molecule has 0 bridgehead atoms. The Morgan fingerprint density at radius 2 is 1.92 bits per heavy atom. The van der Waals surface area contributed by atoms with E-state index in [1.807, 2.05) is 0 Å². The van der Waals surface area contributed by atoms with Crippen LogP contribution in [0.3, 0.4) is 0 Å². The van der Waals surface area contributed by atoms with Crippen LogP contribution in [0.25, 0.3) is 0 Å². The van der Waals surface area contributed by atoms with E-state index in [0.29, 0.717) is 17.2 Å². The molecule has 2 nitrogen and oxygen atoms in total. The van der Waals surface area contributed by atoms with Crippen LogP contribution in [0.4, 0.5) is 0 Å². The Bertz CT molecular complexity index is 217. The van der Waals surface area contributed by atoms with E-state index in [9.17, 15) is 4.79 Å². The summed E-state index contributed by atoms with van der Waals surface area (Å²) in [5.74, 6) is 1.00. The molecule has 0 aromatic carbocycles. The van der Waals surface area contributed by atoms with Crippen molar-refractivity contribution < 1.29 is 9.53 Å². The van der Waals surface area contributed by atoms with E-state index < -0.39 is 0 Å². The van der Waals surface area contributed by atoms with Crippen molar-refractivity contribution in [3.8, 4) is 0 Å². The largest absolute Gasteiger partial charge is 0.462 e. The van der Waals surface area contributed by atoms with Gasteiger partial charge in [0.1, 0.15) is 6.10 Å². The molecular weight excluding hydrogens is 188 g/mol. The van der Waals surface area contributed by atoms with Gasteiger partial charge in [0, 0.05) is 18.2 Å². The minimum Gasteiger partial charge on any atom is -0.462 e. The number of fused-ring (bicyclic) bond motifs is 1. The highest BCUT2D eigenvalue weighted by Crippen LogP contribution is 2.47. The standard InChI is InChI=1S/C10H15ClO2/c1-6(12)13-10-5-3-7-8(10)2-4-9(7)11/h7-10H,2-5H2,1H3. The number of esters is 1. The van der Waals surface area contributed by atoms with Crippen LogP contribution in [0.5, 0.6) is 0 Å². The second kappa shape index (κ2) is 3.49. The van der Waals surface area contributed by atoms with Crippen molar-refractivity contribution in [3.63, 3.8) is 0 Å². The van der Waals surface area contributed by atoms with Crippen molar-refractivity contribution in [2.75, 3.05) is 0 Å². The maximum atomic E-state index is 10.8. The first-order valence-electron chi connectivity index (χ1n) is 5.00. The minimum atomic E-state index is -0.149. The smallest absolute Gasteiger partial charge is 0.302 e. The van der Waals surface area contributed by atoms with Crippen LogP contribution < -0.4 is 0 Å². The summed E-state index contributed by atoms with van der Waals surface area (Å²) in [7, 11) is 0. The molecule has 0 aliphatic heterocycles. The van der Waals surface area contributed by atoms with Gasteiger partial charge in [0.05, 0.1) is 0 Å². The van der Waals surface area contributed by atoms with Crippen molar-refractivity contribution in [3.05, 3.63) is 0 Å². The van der Waals surface area contributed by atoms with Gasteiger partial charge < -0.3 is 4.74 Å². The van der Waals surface area contributed by atoms with Gasteiger partial charge >= 0.3 is 5.97 Å². The van der Waals surface area contributed by atoms with Crippen molar-refractivity contribution in [1.82, 2.24) is 0 Å². The highest BCUT2D eigenvalue weighted by molar-refractivity contribution is 6.21. The van der Waals surface area contributed by atoms with Gasteiger partial charge in [-0.15, -0.1) is 11.6 Å². The average Bonchev–Trinajstić information content (AvgIpc) is 2.56. The summed E-state index contributed by atoms with van der Waals surface area (Å²) in [5, 5.41) is 0.325. The molecule has 0 radical (unpaired) electrons. The number of halogens is 1. The molecule has 0 aromatic heterocycles. The summed E-state index contributed by atoms with van der Waals surface area (Å²) < 4.78 is 5.28. The van der Waals surface area contributed by atoms with E-state index in [-0.39, 0.29) is 12.1 Å². The van der Waals surface area contributed by atoms with E-state index in [4.69, 9.17) is 16.3 Å². The topological polar surface area (TPSA) is 26.3 Å². The van der Waals surface area contributed by atoms with Gasteiger partial charge in [0.25, 0.3) is 0 Å². The van der Waals surface area contributed by atoms with Gasteiger partial charge in [-0.3, -0.25) is 4.79 Å². The molecule has 3 heteroatoms. The molecule has 2 saturated carbocycles. The van der Waals surface area contributed by atoms with Crippen LogP contribution in [0.15, 0.2) is 0 Å². The second-order valence-electron chi connectivity index (χ2n) is 4.15. The van der Waals surface area contributed by atoms with E-state index >= 15 is 0 Å². The van der Waals surface area contributed by atoms with E-state index in [2.05, 4.69) is 0 Å². The van der Waals surface area contributed by atoms with Gasteiger partial charge in [-0.25, -0.2) is 0 Å². The van der Waals surface area contributed by atoms with Crippen LogP contribution in [0, 0.1) is 11.8 Å². The first kappa shape index (κ1) is 9.32. The van der Waals surface area contributed by atoms with Gasteiger partial charge in [-0.2, -0.15) is 0 Å². The molecule has 74 valence electrons. The maximum absolute atomic E-state index is 10.8. The molecule has 0 aromatic rings. The van der Waals surface area contributed by atoms with Gasteiger partial charge in [0.15, 0.2) is 0 Å². The van der Waals surface area contributed by atoms with Gasteiger partial charge in [-0.05, 0) is 31.6 Å². The summed E-state index contributed by atoms with van der Waals surface area (Å²) in [6.07, 6.45) is 4.53. The van der Waals surface area contributed by atoms with E-state index in [1.165, 1.54) is 6.92 Å². The molecule has 0 spiro atoms. The molecule has 4 atom stereocenters. The molecule has 0 heterocycles. The number of carbonyl (C=O) groups is 1. The molecule has 2 aliphatic rings. The van der Waals surface area contributed by atoms with Crippen LogP contribution in [0.2, 0.25) is 0 Å². The maximum Gasteiger partial charge on any atom is 0.302 e. The number of alkyl halides is 1. The first-order valence-corrected chi connectivity index (χ1v) is 5.43. The zero-order chi connectivity index (χ0) is 9.42. The molecule has 13 heavy (non-hydrogen) atoms. The summed E-state index contributed by atoms with van der Waals surface area (Å²) in [6, 6.07) is 0. The lowest BCUT2D eigenvalue weighted by molar-refractivity contribution is -0.148. The van der Waals surface area contributed by atoms with E-state index in [1.54, 1.807) is 0 Å². The molecule has 0 amide bonds. The highest BCUT2D eigenvalue weighted by atomic mass is 35.5. The lowest BCUT2D eigenvalue weighted by atomic mass is 9.99. The molecule has 2 fully saturated rings. The fraction of sp³-hybridized carbons (Fsp3) is 0.900. The Morgan fingerprint density at radius 3 is 2.62 bits per heavy atom. The van der Waals surface area contributed by atoms with Crippen LogP contribution >= 0.6 is 11.6 Å². The van der Waals surface area contributed by atoms with E-state index in [0.717, 1.165) is 25.7 Å². The normalized spacial score (nSPS) is 43.2. The minimum absolute atomic E-state index is 0.149. The zero-order valence-electron chi connectivity index (χ0n) is 7.83. The number of carbonyl (C=O) groups excluding carboxylic acids is 1. The SMILES string of the molecule is CC(=O)OC1CCC2C(Cl)CCC12. The van der Waals surface area contributed by atoms with Crippen molar-refractivity contribution in [1.29, 1.82) is 0 Å². The van der Waals surface area contributed by atoms with Gasteiger partial charge in [0.2, 0.25) is 0 Å². The summed E-state index contributed by atoms with van der Waals surface area (Å²) >= 11 is 6.17. The number of rotatable bonds is 1. The van der Waals surface area contributed by atoms with Crippen LogP contribution in [0.1, 0.15) is 32.6 Å². The third-order valence-electron chi connectivity index (χ3n) is 3.37. The number of hydrogen-bond acceptors (Lipinski definition) is 2. The lowest BCUT2D eigenvalue weighted by Gasteiger charge is -2.18. The predicted molar refractivity (Wildman–Crippen MR) is 50.6 cm³/mol. The van der Waals surface area contributed by atoms with Crippen molar-refractivity contribution >= 4 is 17.6 Å². The summed E-state index contributed by atoms with van der Waals surface area (Å²) in [6.45, 7) is 1.49. The Hall–Kier alpha value is -0.240. The van der Waals surface area contributed by atoms with Crippen LogP contribution in [-0.2, 0) is 9.53 Å². The monoisotopic (exact) mass is 202 g/mol. The average molecular weight is 203 g/mol. The highest BCUT2D eigenvalue weighted by Gasteiger charge is 2.45. The van der Waals surface area contributed by atoms with Crippen molar-refractivity contribution in [2.45, 2.75) is 44.1 Å².